The summed E-state index contributed by atoms with van der Waals surface area (Å²) in [7, 11) is 0. The highest BCUT2D eigenvalue weighted by Gasteiger charge is 2.58. The van der Waals surface area contributed by atoms with E-state index in [2.05, 4.69) is 34.2 Å². The van der Waals surface area contributed by atoms with E-state index in [4.69, 9.17) is 9.84 Å². The molecule has 3 fully saturated rings. The van der Waals surface area contributed by atoms with Gasteiger partial charge in [-0.15, -0.1) is 13.2 Å². The third-order valence-electron chi connectivity index (χ3n) is 7.17. The molecule has 1 aromatic carbocycles. The first-order chi connectivity index (χ1) is 15.3. The van der Waals surface area contributed by atoms with Gasteiger partial charge < -0.3 is 9.47 Å². The molecule has 1 aromatic heterocycles. The van der Waals surface area contributed by atoms with Gasteiger partial charge in [0.2, 0.25) is 0 Å². The van der Waals surface area contributed by atoms with Gasteiger partial charge in [-0.05, 0) is 75.3 Å². The van der Waals surface area contributed by atoms with E-state index >= 15 is 0 Å². The molecule has 2 aromatic rings. The number of ether oxygens (including phenoxy) is 2. The van der Waals surface area contributed by atoms with E-state index in [1.807, 2.05) is 0 Å². The molecule has 174 valence electrons. The van der Waals surface area contributed by atoms with E-state index < -0.39 is 6.36 Å². The zero-order chi connectivity index (χ0) is 22.5. The molecule has 0 N–H and O–H groups in total. The van der Waals surface area contributed by atoms with Crippen molar-refractivity contribution in [2.24, 2.45) is 11.8 Å². The van der Waals surface area contributed by atoms with Crippen LogP contribution in [0, 0.1) is 11.8 Å². The molecule has 2 saturated carbocycles. The fraction of sp³-hybridized carbons (Fsp3) is 0.625. The van der Waals surface area contributed by atoms with Crippen LogP contribution in [0.2, 0.25) is 0 Å². The summed E-state index contributed by atoms with van der Waals surface area (Å²) in [6.07, 6.45) is -1.10. The summed E-state index contributed by atoms with van der Waals surface area (Å²) >= 11 is 0. The van der Waals surface area contributed by atoms with Gasteiger partial charge in [0.1, 0.15) is 5.75 Å². The first-order valence-corrected chi connectivity index (χ1v) is 11.6. The molecule has 32 heavy (non-hydrogen) atoms. The van der Waals surface area contributed by atoms with Gasteiger partial charge in [0, 0.05) is 49.0 Å². The Hall–Kier alpha value is -2.06. The zero-order valence-corrected chi connectivity index (χ0v) is 18.5. The first-order valence-electron chi connectivity index (χ1n) is 11.6. The highest BCUT2D eigenvalue weighted by Crippen LogP contribution is 2.64. The Balaban J connectivity index is 1.30. The number of rotatable bonds is 5. The number of nitrogens with zero attached hydrogens (tertiary/aromatic N) is 3. The van der Waals surface area contributed by atoms with E-state index in [-0.39, 0.29) is 11.8 Å². The maximum absolute atomic E-state index is 12.4. The van der Waals surface area contributed by atoms with Crippen molar-refractivity contribution in [1.82, 2.24) is 14.7 Å². The van der Waals surface area contributed by atoms with Gasteiger partial charge in [-0.25, -0.2) is 0 Å². The Morgan fingerprint density at radius 1 is 1.06 bits per heavy atom. The quantitative estimate of drug-likeness (QED) is 0.626. The smallest absolute Gasteiger partial charge is 0.406 e. The van der Waals surface area contributed by atoms with Crippen LogP contribution in [0.1, 0.15) is 50.8 Å². The van der Waals surface area contributed by atoms with Crippen molar-refractivity contribution in [1.29, 1.82) is 0 Å². The lowest BCUT2D eigenvalue weighted by Gasteiger charge is -2.28. The molecule has 8 heteroatoms. The van der Waals surface area contributed by atoms with Gasteiger partial charge in [0.25, 0.3) is 0 Å². The van der Waals surface area contributed by atoms with Crippen molar-refractivity contribution in [3.8, 4) is 17.0 Å². The average molecular weight is 450 g/mol. The van der Waals surface area contributed by atoms with Gasteiger partial charge >= 0.3 is 6.36 Å². The highest BCUT2D eigenvalue weighted by molar-refractivity contribution is 5.61. The van der Waals surface area contributed by atoms with Crippen LogP contribution in [-0.4, -0.2) is 53.4 Å². The summed E-state index contributed by atoms with van der Waals surface area (Å²) in [5.74, 6) is 1.72. The fourth-order valence-electron chi connectivity index (χ4n) is 5.72. The van der Waals surface area contributed by atoms with Crippen LogP contribution in [0.3, 0.4) is 0 Å². The number of benzene rings is 1. The average Bonchev–Trinajstić information content (AvgIpc) is 3.06. The molecule has 3 aliphatic rings. The number of halogens is 3. The Labute approximate surface area is 186 Å². The molecule has 0 radical (unpaired) electrons. The Bertz CT molecular complexity index is 921. The predicted molar refractivity (Wildman–Crippen MR) is 114 cm³/mol. The molecule has 2 unspecified atom stereocenters. The van der Waals surface area contributed by atoms with Crippen LogP contribution in [0.4, 0.5) is 13.2 Å². The van der Waals surface area contributed by atoms with Crippen molar-refractivity contribution in [3.63, 3.8) is 0 Å². The normalized spacial score (nSPS) is 28.6. The van der Waals surface area contributed by atoms with Crippen molar-refractivity contribution < 1.29 is 22.6 Å². The summed E-state index contributed by atoms with van der Waals surface area (Å²) in [5, 5.41) is 4.82. The van der Waals surface area contributed by atoms with Crippen molar-refractivity contribution >= 4 is 0 Å². The molecule has 1 aliphatic heterocycles. The zero-order valence-electron chi connectivity index (χ0n) is 18.5. The lowest BCUT2D eigenvalue weighted by molar-refractivity contribution is -0.274. The van der Waals surface area contributed by atoms with Gasteiger partial charge in [-0.2, -0.15) is 5.10 Å². The van der Waals surface area contributed by atoms with Crippen LogP contribution >= 0.6 is 0 Å². The number of hydrogen-bond donors (Lipinski definition) is 0. The number of fused-ring (bicyclic) bond motifs is 1. The predicted octanol–water partition coefficient (Wildman–Crippen LogP) is 5.24. The molecule has 0 amide bonds. The number of alkyl halides is 3. The molecule has 4 atom stereocenters. The number of aromatic nitrogens is 2. The second-order valence-corrected chi connectivity index (χ2v) is 9.55. The van der Waals surface area contributed by atoms with E-state index in [1.165, 1.54) is 30.7 Å². The maximum Gasteiger partial charge on any atom is 0.573 e. The number of hydrogen-bond acceptors (Lipinski definition) is 4. The summed E-state index contributed by atoms with van der Waals surface area (Å²) < 4.78 is 49.0. The molecule has 0 spiro atoms. The summed E-state index contributed by atoms with van der Waals surface area (Å²) in [5.41, 5.74) is 2.87. The topological polar surface area (TPSA) is 39.5 Å². The van der Waals surface area contributed by atoms with Crippen molar-refractivity contribution in [2.45, 2.75) is 57.5 Å². The highest BCUT2D eigenvalue weighted by atomic mass is 19.4. The SMILES string of the molecule is CC(C)n1nc(-c2ccc(OC(F)(F)F)cc2)cc1C1[C@H]2CC(N3CCCOCC3)C[C@@H]12. The second kappa shape index (κ2) is 8.37. The van der Waals surface area contributed by atoms with Gasteiger partial charge in [-0.1, -0.05) is 0 Å². The Morgan fingerprint density at radius 2 is 1.78 bits per heavy atom. The molecular weight excluding hydrogens is 419 g/mol. The molecule has 5 rings (SSSR count). The summed E-state index contributed by atoms with van der Waals surface area (Å²) in [4.78, 5) is 2.62. The van der Waals surface area contributed by atoms with Gasteiger partial charge in [-0.3, -0.25) is 9.58 Å². The van der Waals surface area contributed by atoms with Crippen LogP contribution in [0.5, 0.6) is 5.75 Å². The molecule has 1 saturated heterocycles. The van der Waals surface area contributed by atoms with Crippen molar-refractivity contribution in [3.05, 3.63) is 36.0 Å². The molecule has 2 heterocycles. The van der Waals surface area contributed by atoms with E-state index in [1.54, 1.807) is 12.1 Å². The minimum Gasteiger partial charge on any atom is -0.406 e. The largest absolute Gasteiger partial charge is 0.573 e. The minimum absolute atomic E-state index is 0.216. The molecule has 2 aliphatic carbocycles. The van der Waals surface area contributed by atoms with Crippen LogP contribution in [0.25, 0.3) is 11.3 Å². The maximum atomic E-state index is 12.4. The third kappa shape index (κ3) is 4.39. The van der Waals surface area contributed by atoms with Gasteiger partial charge in [0.05, 0.1) is 12.3 Å². The fourth-order valence-corrected chi connectivity index (χ4v) is 5.72. The van der Waals surface area contributed by atoms with Crippen LogP contribution < -0.4 is 4.74 Å². The third-order valence-corrected chi connectivity index (χ3v) is 7.17. The van der Waals surface area contributed by atoms with E-state index in [0.717, 1.165) is 44.0 Å². The second-order valence-electron chi connectivity index (χ2n) is 9.55. The molecule has 5 nitrogen and oxygen atoms in total. The van der Waals surface area contributed by atoms with Crippen LogP contribution in [-0.2, 0) is 4.74 Å². The Kier molecular flexibility index (Phi) is 5.70. The minimum atomic E-state index is -4.68. The standard InChI is InChI=1S/C24H30F3N3O2/c1-15(2)30-22(14-21(28-30)16-4-6-18(7-5-16)32-24(25,26)27)23-19-12-17(13-20(19)23)29-8-3-10-31-11-9-29/h4-7,14-15,17,19-20,23H,3,8-13H2,1-2H3/t17?,19-,20+,23?. The Morgan fingerprint density at radius 3 is 2.44 bits per heavy atom. The van der Waals surface area contributed by atoms with Crippen LogP contribution in [0.15, 0.2) is 30.3 Å². The van der Waals surface area contributed by atoms with E-state index in [0.29, 0.717) is 23.8 Å². The monoisotopic (exact) mass is 449 g/mol. The van der Waals surface area contributed by atoms with E-state index in [9.17, 15) is 13.2 Å². The molecule has 0 bridgehead atoms. The lowest BCUT2D eigenvalue weighted by Crippen LogP contribution is -2.36. The first kappa shape index (κ1) is 21.8. The lowest BCUT2D eigenvalue weighted by atomic mass is 10.0. The summed E-state index contributed by atoms with van der Waals surface area (Å²) in [6, 6.07) is 9.01. The van der Waals surface area contributed by atoms with Gasteiger partial charge in [0.15, 0.2) is 0 Å². The summed E-state index contributed by atoms with van der Waals surface area (Å²) in [6.45, 7) is 8.13. The van der Waals surface area contributed by atoms with Crippen molar-refractivity contribution in [2.75, 3.05) is 26.3 Å². The molecular formula is C24H30F3N3O2.